The molecular weight excluding hydrogens is 322 g/mol. The Kier molecular flexibility index (Phi) is 5.96. The molecule has 0 fully saturated rings. The zero-order chi connectivity index (χ0) is 18.4. The molecular formula is C16H23N7O2. The van der Waals surface area contributed by atoms with Crippen LogP contribution in [0.1, 0.15) is 12.6 Å². The standard InChI is InChI=1S/C16H23N7O2/c1-10(20-13-8-25-9-23(2)15(13)19)16(24)22-14-5-3-4-12(21-14)11(6-17)7-18/h3-7,10,17,20H,8-9,18-19H2,1-2H3,(H,21,22,24)/b11-7+,17-6?/t10-/m0/s1. The van der Waals surface area contributed by atoms with Gasteiger partial charge in [0, 0.05) is 25.0 Å². The number of aromatic nitrogens is 1. The van der Waals surface area contributed by atoms with Gasteiger partial charge in [0.25, 0.3) is 0 Å². The van der Waals surface area contributed by atoms with Gasteiger partial charge in [-0.2, -0.15) is 0 Å². The maximum absolute atomic E-state index is 12.4. The van der Waals surface area contributed by atoms with E-state index in [4.69, 9.17) is 21.6 Å². The molecule has 134 valence electrons. The molecule has 0 saturated heterocycles. The molecule has 1 aliphatic heterocycles. The molecule has 0 saturated carbocycles. The number of hydrogen-bond acceptors (Lipinski definition) is 8. The topological polar surface area (TPSA) is 142 Å². The van der Waals surface area contributed by atoms with Gasteiger partial charge in [0.2, 0.25) is 5.91 Å². The van der Waals surface area contributed by atoms with Crippen LogP contribution in [0.25, 0.3) is 5.57 Å². The number of nitrogens with one attached hydrogen (secondary N) is 3. The van der Waals surface area contributed by atoms with E-state index in [-0.39, 0.29) is 5.91 Å². The fourth-order valence-electron chi connectivity index (χ4n) is 2.21. The van der Waals surface area contributed by atoms with Crippen LogP contribution < -0.4 is 22.1 Å². The quantitative estimate of drug-likeness (QED) is 0.456. The van der Waals surface area contributed by atoms with E-state index >= 15 is 0 Å². The van der Waals surface area contributed by atoms with Crippen molar-refractivity contribution in [3.05, 3.63) is 41.6 Å². The molecule has 9 nitrogen and oxygen atoms in total. The van der Waals surface area contributed by atoms with Gasteiger partial charge in [0.15, 0.2) is 0 Å². The van der Waals surface area contributed by atoms with Crippen molar-refractivity contribution in [3.8, 4) is 0 Å². The summed E-state index contributed by atoms with van der Waals surface area (Å²) in [4.78, 5) is 18.4. The maximum Gasteiger partial charge on any atom is 0.247 e. The van der Waals surface area contributed by atoms with Crippen LogP contribution >= 0.6 is 0 Å². The van der Waals surface area contributed by atoms with Gasteiger partial charge in [0.05, 0.1) is 18.0 Å². The van der Waals surface area contributed by atoms with Gasteiger partial charge < -0.3 is 37.1 Å². The molecule has 1 atom stereocenters. The minimum absolute atomic E-state index is 0.272. The van der Waals surface area contributed by atoms with Crippen molar-refractivity contribution >= 4 is 23.5 Å². The molecule has 0 spiro atoms. The lowest BCUT2D eigenvalue weighted by atomic mass is 10.2. The van der Waals surface area contributed by atoms with E-state index in [9.17, 15) is 4.79 Å². The van der Waals surface area contributed by atoms with Crippen molar-refractivity contribution in [2.45, 2.75) is 13.0 Å². The molecule has 2 heterocycles. The highest BCUT2D eigenvalue weighted by atomic mass is 16.5. The predicted molar refractivity (Wildman–Crippen MR) is 96.2 cm³/mol. The van der Waals surface area contributed by atoms with Crippen LogP contribution in [0.4, 0.5) is 5.82 Å². The SMILES string of the molecule is C[C@H](NC1=C(N)N(C)COC1)C(=O)Nc1cccc(/C(C=N)=C/N)n1. The van der Waals surface area contributed by atoms with E-state index in [1.165, 1.54) is 6.20 Å². The van der Waals surface area contributed by atoms with E-state index in [1.807, 2.05) is 7.05 Å². The first kappa shape index (κ1) is 18.3. The summed E-state index contributed by atoms with van der Waals surface area (Å²) in [6.45, 7) is 2.46. The molecule has 0 unspecified atom stereocenters. The second-order valence-electron chi connectivity index (χ2n) is 5.57. The Bertz CT molecular complexity index is 714. The highest BCUT2D eigenvalue weighted by Gasteiger charge is 2.20. The van der Waals surface area contributed by atoms with Crippen LogP contribution in [0.5, 0.6) is 0 Å². The molecule has 0 radical (unpaired) electrons. The van der Waals surface area contributed by atoms with Gasteiger partial charge in [-0.15, -0.1) is 0 Å². The zero-order valence-electron chi connectivity index (χ0n) is 14.2. The third-order valence-electron chi connectivity index (χ3n) is 3.67. The highest BCUT2D eigenvalue weighted by Crippen LogP contribution is 2.13. The number of rotatable bonds is 6. The number of ether oxygens (including phenoxy) is 1. The van der Waals surface area contributed by atoms with Gasteiger partial charge in [-0.3, -0.25) is 4.79 Å². The lowest BCUT2D eigenvalue weighted by molar-refractivity contribution is -0.117. The molecule has 1 aromatic heterocycles. The van der Waals surface area contributed by atoms with Crippen molar-refractivity contribution in [2.24, 2.45) is 11.5 Å². The predicted octanol–water partition coefficient (Wildman–Crippen LogP) is -0.00533. The molecule has 0 aromatic carbocycles. The van der Waals surface area contributed by atoms with Crippen LogP contribution in [0, 0.1) is 5.41 Å². The summed E-state index contributed by atoms with van der Waals surface area (Å²) in [7, 11) is 1.81. The smallest absolute Gasteiger partial charge is 0.247 e. The second-order valence-corrected chi connectivity index (χ2v) is 5.57. The van der Waals surface area contributed by atoms with Crippen molar-refractivity contribution < 1.29 is 9.53 Å². The van der Waals surface area contributed by atoms with Crippen molar-refractivity contribution in [2.75, 3.05) is 25.7 Å². The number of hydrogen-bond donors (Lipinski definition) is 5. The van der Waals surface area contributed by atoms with Crippen LogP contribution in [0.3, 0.4) is 0 Å². The van der Waals surface area contributed by atoms with Gasteiger partial charge in [-0.05, 0) is 19.1 Å². The van der Waals surface area contributed by atoms with Gasteiger partial charge in [-0.1, -0.05) is 6.07 Å². The van der Waals surface area contributed by atoms with E-state index in [0.29, 0.717) is 41.9 Å². The van der Waals surface area contributed by atoms with Gasteiger partial charge >= 0.3 is 0 Å². The lowest BCUT2D eigenvalue weighted by Gasteiger charge is -2.29. The number of carbonyl (C=O) groups excluding carboxylic acids is 1. The average Bonchev–Trinajstić information content (AvgIpc) is 2.60. The third-order valence-corrected chi connectivity index (χ3v) is 3.67. The van der Waals surface area contributed by atoms with Crippen LogP contribution in [0.2, 0.25) is 0 Å². The lowest BCUT2D eigenvalue weighted by Crippen LogP contribution is -2.44. The Morgan fingerprint density at radius 1 is 1.52 bits per heavy atom. The molecule has 0 aliphatic carbocycles. The average molecular weight is 345 g/mol. The Hall–Kier alpha value is -3.07. The minimum Gasteiger partial charge on any atom is -0.404 e. The molecule has 1 amide bonds. The molecule has 9 heteroatoms. The van der Waals surface area contributed by atoms with Crippen molar-refractivity contribution in [1.29, 1.82) is 5.41 Å². The summed E-state index contributed by atoms with van der Waals surface area (Å²) in [6.07, 6.45) is 2.40. The normalized spacial score (nSPS) is 16.4. The largest absolute Gasteiger partial charge is 0.404 e. The number of nitrogens with two attached hydrogens (primary N) is 2. The summed E-state index contributed by atoms with van der Waals surface area (Å²) in [5.41, 5.74) is 13.1. The van der Waals surface area contributed by atoms with Gasteiger partial charge in [0.1, 0.15) is 24.4 Å². The molecule has 7 N–H and O–H groups in total. The summed E-state index contributed by atoms with van der Waals surface area (Å²) in [5, 5.41) is 13.1. The van der Waals surface area contributed by atoms with Crippen LogP contribution in [-0.4, -0.2) is 48.4 Å². The van der Waals surface area contributed by atoms with E-state index in [2.05, 4.69) is 15.6 Å². The number of allylic oxidation sites excluding steroid dienone is 1. The number of amides is 1. The van der Waals surface area contributed by atoms with Crippen molar-refractivity contribution in [1.82, 2.24) is 15.2 Å². The molecule has 1 aliphatic rings. The van der Waals surface area contributed by atoms with Crippen LogP contribution in [0.15, 0.2) is 35.9 Å². The van der Waals surface area contributed by atoms with Crippen LogP contribution in [-0.2, 0) is 9.53 Å². The number of pyridine rings is 1. The minimum atomic E-state index is -0.540. The summed E-state index contributed by atoms with van der Waals surface area (Å²) >= 11 is 0. The molecule has 0 bridgehead atoms. The Labute approximate surface area is 146 Å². The summed E-state index contributed by atoms with van der Waals surface area (Å²) in [5.74, 6) is 0.650. The Balaban J connectivity index is 2.05. The molecule has 1 aromatic rings. The zero-order valence-corrected chi connectivity index (χ0v) is 14.2. The third kappa shape index (κ3) is 4.48. The Morgan fingerprint density at radius 3 is 2.96 bits per heavy atom. The monoisotopic (exact) mass is 345 g/mol. The number of nitrogens with zero attached hydrogens (tertiary/aromatic N) is 2. The van der Waals surface area contributed by atoms with E-state index < -0.39 is 6.04 Å². The first-order valence-corrected chi connectivity index (χ1v) is 7.71. The van der Waals surface area contributed by atoms with Gasteiger partial charge in [-0.25, -0.2) is 4.98 Å². The summed E-state index contributed by atoms with van der Waals surface area (Å²) < 4.78 is 5.37. The van der Waals surface area contributed by atoms with E-state index in [0.717, 1.165) is 6.21 Å². The number of anilines is 1. The highest BCUT2D eigenvalue weighted by molar-refractivity contribution is 6.07. The molecule has 25 heavy (non-hydrogen) atoms. The molecule has 2 rings (SSSR count). The first-order chi connectivity index (χ1) is 12.0. The fraction of sp³-hybridized carbons (Fsp3) is 0.312. The van der Waals surface area contributed by atoms with Crippen molar-refractivity contribution in [3.63, 3.8) is 0 Å². The Morgan fingerprint density at radius 2 is 2.28 bits per heavy atom. The maximum atomic E-state index is 12.4. The first-order valence-electron chi connectivity index (χ1n) is 7.71. The summed E-state index contributed by atoms with van der Waals surface area (Å²) in [6, 6.07) is 4.56. The fourth-order valence-corrected chi connectivity index (χ4v) is 2.21. The van der Waals surface area contributed by atoms with E-state index in [1.54, 1.807) is 30.0 Å². The second kappa shape index (κ2) is 8.15. The number of carbonyl (C=O) groups is 1.